The first-order chi connectivity index (χ1) is 27.7. The van der Waals surface area contributed by atoms with Gasteiger partial charge in [-0.3, -0.25) is 14.4 Å². The van der Waals surface area contributed by atoms with E-state index in [1.165, 1.54) is 109 Å². The molecule has 7 unspecified atom stereocenters. The lowest BCUT2D eigenvalue weighted by molar-refractivity contribution is -0.137. The van der Waals surface area contributed by atoms with Crippen molar-refractivity contribution in [2.75, 3.05) is 47.4 Å². The molecule has 0 bridgehead atoms. The van der Waals surface area contributed by atoms with Crippen LogP contribution in [0.25, 0.3) is 0 Å². The smallest absolute Gasteiger partial charge is 0.240 e. The van der Waals surface area contributed by atoms with Crippen molar-refractivity contribution in [1.82, 2.24) is 30.7 Å². The minimum absolute atomic E-state index is 0.00396. The number of likely N-dealkylation sites (N-methyl/N-ethyl adjacent to an activating group) is 3. The van der Waals surface area contributed by atoms with Gasteiger partial charge in [0.2, 0.25) is 17.7 Å². The Balaban J connectivity index is 0.000000189. The third-order valence-corrected chi connectivity index (χ3v) is 14.5. The Kier molecular flexibility index (Phi) is 22.2. The van der Waals surface area contributed by atoms with Gasteiger partial charge >= 0.3 is 0 Å². The second-order valence-corrected chi connectivity index (χ2v) is 18.9. The SMILES string of the molecule is CNC1CCCC(C)N(CC2CCCCCC2)C1=O.CNC1CCCC(C)N(CC2CCCCCC2)C1=O.CNC1CCCC(C)N(CC2CCCCCO2)C1=O. The number of hydrogen-bond donors (Lipinski definition) is 3. The molecular formula is C47H88N6O4. The summed E-state index contributed by atoms with van der Waals surface area (Å²) in [7, 11) is 5.73. The molecule has 330 valence electrons. The zero-order valence-corrected chi connectivity index (χ0v) is 37.7. The predicted octanol–water partition coefficient (Wildman–Crippen LogP) is 7.83. The van der Waals surface area contributed by atoms with Gasteiger partial charge in [-0.15, -0.1) is 0 Å². The Morgan fingerprint density at radius 3 is 1.12 bits per heavy atom. The summed E-state index contributed by atoms with van der Waals surface area (Å²) in [5.74, 6) is 2.43. The molecule has 6 rings (SSSR count). The number of ether oxygens (including phenoxy) is 1. The molecule has 0 radical (unpaired) electrons. The molecule has 0 aromatic heterocycles. The number of rotatable bonds is 9. The normalized spacial score (nSPS) is 32.0. The number of likely N-dealkylation sites (tertiary alicyclic amines) is 3. The summed E-state index contributed by atoms with van der Waals surface area (Å²) < 4.78 is 5.90. The van der Waals surface area contributed by atoms with E-state index < -0.39 is 0 Å². The van der Waals surface area contributed by atoms with Crippen molar-refractivity contribution in [1.29, 1.82) is 0 Å². The van der Waals surface area contributed by atoms with Crippen LogP contribution in [0.15, 0.2) is 0 Å². The standard InChI is InChI=1S/2C16H30N2O.C15H28N2O2/c2*1-13-8-7-11-15(17-2)16(19)18(13)12-14-9-5-3-4-6-10-14;1-12-7-6-9-14(16-2)15(18)17(12)11-13-8-4-3-5-10-19-13/h2*13-15,17H,3-12H2,1-2H3;12-14,16H,3-11H2,1-2H3. The number of nitrogens with zero attached hydrogens (tertiary/aromatic N) is 3. The number of carbonyl (C=O) groups excluding carboxylic acids is 3. The van der Waals surface area contributed by atoms with E-state index in [1.807, 2.05) is 21.1 Å². The van der Waals surface area contributed by atoms with Gasteiger partial charge in [-0.1, -0.05) is 64.2 Å². The van der Waals surface area contributed by atoms with Crippen molar-refractivity contribution < 1.29 is 19.1 Å². The Morgan fingerprint density at radius 2 is 0.754 bits per heavy atom. The highest BCUT2D eigenvalue weighted by molar-refractivity contribution is 5.83. The number of carbonyl (C=O) groups is 3. The van der Waals surface area contributed by atoms with Crippen LogP contribution in [-0.2, 0) is 19.1 Å². The van der Waals surface area contributed by atoms with Crippen molar-refractivity contribution in [2.24, 2.45) is 11.8 Å². The van der Waals surface area contributed by atoms with Crippen LogP contribution in [0.5, 0.6) is 0 Å². The summed E-state index contributed by atoms with van der Waals surface area (Å²) in [6, 6.07) is 1.29. The molecule has 2 saturated carbocycles. The van der Waals surface area contributed by atoms with Gasteiger partial charge < -0.3 is 35.4 Å². The number of hydrogen-bond acceptors (Lipinski definition) is 7. The quantitative estimate of drug-likeness (QED) is 0.204. The molecule has 0 spiro atoms. The fourth-order valence-corrected chi connectivity index (χ4v) is 10.6. The van der Waals surface area contributed by atoms with Gasteiger partial charge in [0.1, 0.15) is 0 Å². The van der Waals surface area contributed by atoms with Gasteiger partial charge in [0.05, 0.1) is 24.2 Å². The molecule has 57 heavy (non-hydrogen) atoms. The van der Waals surface area contributed by atoms with Crippen LogP contribution in [0, 0.1) is 11.8 Å². The molecule has 3 N–H and O–H groups in total. The summed E-state index contributed by atoms with van der Waals surface area (Å²) in [6.45, 7) is 10.3. The first-order valence-corrected chi connectivity index (χ1v) is 24.2. The molecule has 3 amide bonds. The van der Waals surface area contributed by atoms with Crippen molar-refractivity contribution in [3.05, 3.63) is 0 Å². The molecular weight excluding hydrogens is 713 g/mol. The predicted molar refractivity (Wildman–Crippen MR) is 234 cm³/mol. The molecule has 0 aromatic carbocycles. The fraction of sp³-hybridized carbons (Fsp3) is 0.936. The minimum atomic E-state index is -0.00396. The molecule has 10 heteroatoms. The molecule has 4 heterocycles. The van der Waals surface area contributed by atoms with E-state index in [-0.39, 0.29) is 30.1 Å². The molecule has 2 aliphatic carbocycles. The summed E-state index contributed by atoms with van der Waals surface area (Å²) in [4.78, 5) is 44.2. The van der Waals surface area contributed by atoms with Gasteiger partial charge in [-0.2, -0.15) is 0 Å². The minimum Gasteiger partial charge on any atom is -0.376 e. The zero-order chi connectivity index (χ0) is 41.0. The van der Waals surface area contributed by atoms with Crippen LogP contribution in [-0.4, -0.2) is 122 Å². The maximum absolute atomic E-state index is 12.6. The van der Waals surface area contributed by atoms with Crippen LogP contribution in [0.2, 0.25) is 0 Å². The van der Waals surface area contributed by atoms with Gasteiger partial charge in [-0.05, 0) is 150 Å². The Labute approximate surface area is 349 Å². The molecule has 4 aliphatic heterocycles. The van der Waals surface area contributed by atoms with E-state index in [2.05, 4.69) is 51.4 Å². The maximum Gasteiger partial charge on any atom is 0.240 e. The van der Waals surface area contributed by atoms with Crippen molar-refractivity contribution in [3.63, 3.8) is 0 Å². The summed E-state index contributed by atoms with van der Waals surface area (Å²) in [6.07, 6.45) is 31.1. The summed E-state index contributed by atoms with van der Waals surface area (Å²) in [5.41, 5.74) is 0. The van der Waals surface area contributed by atoms with Crippen molar-refractivity contribution in [2.45, 2.75) is 224 Å². The van der Waals surface area contributed by atoms with Crippen molar-refractivity contribution in [3.8, 4) is 0 Å². The molecule has 7 atom stereocenters. The Hall–Kier alpha value is -1.75. The molecule has 4 saturated heterocycles. The van der Waals surface area contributed by atoms with E-state index >= 15 is 0 Å². The van der Waals surface area contributed by atoms with Gasteiger partial charge in [0.15, 0.2) is 0 Å². The zero-order valence-electron chi connectivity index (χ0n) is 37.7. The van der Waals surface area contributed by atoms with Crippen molar-refractivity contribution >= 4 is 17.7 Å². The highest BCUT2D eigenvalue weighted by atomic mass is 16.5. The van der Waals surface area contributed by atoms with Crippen LogP contribution < -0.4 is 16.0 Å². The monoisotopic (exact) mass is 801 g/mol. The third-order valence-electron chi connectivity index (χ3n) is 14.5. The maximum atomic E-state index is 12.6. The van der Waals surface area contributed by atoms with E-state index in [0.29, 0.717) is 29.9 Å². The van der Waals surface area contributed by atoms with E-state index in [1.54, 1.807) is 0 Å². The lowest BCUT2D eigenvalue weighted by atomic mass is 9.98. The van der Waals surface area contributed by atoms with E-state index in [4.69, 9.17) is 4.74 Å². The fourth-order valence-electron chi connectivity index (χ4n) is 10.6. The molecule has 6 aliphatic rings. The third kappa shape index (κ3) is 15.7. The van der Waals surface area contributed by atoms with Crippen LogP contribution in [0.3, 0.4) is 0 Å². The van der Waals surface area contributed by atoms with Crippen LogP contribution in [0.4, 0.5) is 0 Å². The highest BCUT2D eigenvalue weighted by Crippen LogP contribution is 2.29. The van der Waals surface area contributed by atoms with E-state index in [0.717, 1.165) is 89.4 Å². The highest BCUT2D eigenvalue weighted by Gasteiger charge is 2.34. The van der Waals surface area contributed by atoms with Crippen LogP contribution >= 0.6 is 0 Å². The van der Waals surface area contributed by atoms with Gasteiger partial charge in [0, 0.05) is 44.4 Å². The number of nitrogens with one attached hydrogen (secondary N) is 3. The van der Waals surface area contributed by atoms with Gasteiger partial charge in [0.25, 0.3) is 0 Å². The average Bonchev–Trinajstić information content (AvgIpc) is 3.85. The largest absolute Gasteiger partial charge is 0.376 e. The lowest BCUT2D eigenvalue weighted by Gasteiger charge is -2.32. The molecule has 0 aromatic rings. The average molecular weight is 801 g/mol. The first-order valence-electron chi connectivity index (χ1n) is 24.2. The number of amides is 3. The Bertz CT molecular complexity index is 995. The second-order valence-electron chi connectivity index (χ2n) is 18.9. The molecule has 10 nitrogen and oxygen atoms in total. The van der Waals surface area contributed by atoms with Crippen LogP contribution in [0.1, 0.15) is 181 Å². The second kappa shape index (κ2) is 26.5. The molecule has 6 fully saturated rings. The van der Waals surface area contributed by atoms with Gasteiger partial charge in [-0.25, -0.2) is 0 Å². The Morgan fingerprint density at radius 1 is 0.421 bits per heavy atom. The summed E-state index contributed by atoms with van der Waals surface area (Å²) >= 11 is 0. The lowest BCUT2D eigenvalue weighted by Crippen LogP contribution is -2.49. The summed E-state index contributed by atoms with van der Waals surface area (Å²) in [5, 5.41) is 9.57. The topological polar surface area (TPSA) is 106 Å². The first kappa shape index (κ1) is 47.9. The van der Waals surface area contributed by atoms with E-state index in [9.17, 15) is 14.4 Å².